The van der Waals surface area contributed by atoms with E-state index in [-0.39, 0.29) is 11.5 Å². The van der Waals surface area contributed by atoms with Crippen molar-refractivity contribution in [2.75, 3.05) is 13.1 Å². The molecule has 1 saturated heterocycles. The summed E-state index contributed by atoms with van der Waals surface area (Å²) in [6.45, 7) is 3.32. The Labute approximate surface area is 112 Å². The monoisotopic (exact) mass is 269 g/mol. The van der Waals surface area contributed by atoms with Crippen LogP contribution in [0.5, 0.6) is 0 Å². The van der Waals surface area contributed by atoms with Gasteiger partial charge in [0.2, 0.25) is 5.91 Å². The van der Waals surface area contributed by atoms with E-state index in [1.54, 1.807) is 17.0 Å². The van der Waals surface area contributed by atoms with Gasteiger partial charge in [0.1, 0.15) is 11.2 Å². The van der Waals surface area contributed by atoms with Crippen molar-refractivity contribution in [2.24, 2.45) is 0 Å². The zero-order valence-electron chi connectivity index (χ0n) is 10.5. The fraction of sp³-hybridized carbons (Fsp3) is 0.500. The lowest BCUT2D eigenvalue weighted by Gasteiger charge is -2.28. The molecule has 4 heteroatoms. The Morgan fingerprint density at radius 3 is 2.67 bits per heavy atom. The second-order valence-electron chi connectivity index (χ2n) is 4.77. The zero-order valence-corrected chi connectivity index (χ0v) is 11.2. The first kappa shape index (κ1) is 13.3. The van der Waals surface area contributed by atoms with E-state index in [0.29, 0.717) is 0 Å². The van der Waals surface area contributed by atoms with Crippen molar-refractivity contribution in [1.29, 1.82) is 0 Å². The van der Waals surface area contributed by atoms with Crippen LogP contribution in [0.15, 0.2) is 18.2 Å². The predicted molar refractivity (Wildman–Crippen MR) is 70.2 cm³/mol. The highest BCUT2D eigenvalue weighted by Gasteiger charge is 2.27. The Kier molecular flexibility index (Phi) is 4.23. The van der Waals surface area contributed by atoms with Crippen LogP contribution >= 0.6 is 11.6 Å². The Morgan fingerprint density at radius 1 is 1.33 bits per heavy atom. The van der Waals surface area contributed by atoms with E-state index in [2.05, 4.69) is 0 Å². The zero-order chi connectivity index (χ0) is 13.1. The number of alkyl halides is 1. The lowest BCUT2D eigenvalue weighted by atomic mass is 10.1. The smallest absolute Gasteiger partial charge is 0.245 e. The molecule has 1 aromatic carbocycles. The third-order valence-electron chi connectivity index (χ3n) is 3.31. The summed E-state index contributed by atoms with van der Waals surface area (Å²) in [5, 5.41) is -0.914. The molecule has 18 heavy (non-hydrogen) atoms. The topological polar surface area (TPSA) is 20.3 Å². The molecule has 1 aromatic rings. The Balaban J connectivity index is 2.16. The summed E-state index contributed by atoms with van der Waals surface area (Å²) in [4.78, 5) is 13.9. The third kappa shape index (κ3) is 2.83. The van der Waals surface area contributed by atoms with E-state index in [9.17, 15) is 9.18 Å². The highest BCUT2D eigenvalue weighted by molar-refractivity contribution is 6.30. The van der Waals surface area contributed by atoms with Crippen LogP contribution in [0.1, 0.15) is 35.8 Å². The van der Waals surface area contributed by atoms with E-state index >= 15 is 0 Å². The molecule has 0 N–H and O–H groups in total. The fourth-order valence-corrected chi connectivity index (χ4v) is 2.57. The number of carbonyl (C=O) groups excluding carboxylic acids is 1. The lowest BCUT2D eigenvalue weighted by Crippen LogP contribution is -2.37. The number of benzene rings is 1. The molecular weight excluding hydrogens is 253 g/mol. The number of rotatable bonds is 2. The van der Waals surface area contributed by atoms with Gasteiger partial charge in [-0.05, 0) is 32.3 Å². The van der Waals surface area contributed by atoms with E-state index in [4.69, 9.17) is 11.6 Å². The van der Waals surface area contributed by atoms with Crippen LogP contribution < -0.4 is 0 Å². The summed E-state index contributed by atoms with van der Waals surface area (Å²) in [6.07, 6.45) is 3.16. The maximum absolute atomic E-state index is 13.7. The van der Waals surface area contributed by atoms with Crippen LogP contribution in [0.3, 0.4) is 0 Å². The molecule has 2 rings (SSSR count). The first-order valence-corrected chi connectivity index (χ1v) is 6.72. The van der Waals surface area contributed by atoms with Crippen molar-refractivity contribution in [2.45, 2.75) is 31.6 Å². The van der Waals surface area contributed by atoms with Gasteiger partial charge in [-0.1, -0.05) is 17.7 Å². The van der Waals surface area contributed by atoms with Crippen molar-refractivity contribution in [3.63, 3.8) is 0 Å². The number of nitrogens with zero attached hydrogens (tertiary/aromatic N) is 1. The second kappa shape index (κ2) is 5.70. The van der Waals surface area contributed by atoms with Gasteiger partial charge >= 0.3 is 0 Å². The van der Waals surface area contributed by atoms with Crippen LogP contribution in [-0.2, 0) is 4.79 Å². The number of likely N-dealkylation sites (tertiary alicyclic amines) is 1. The minimum atomic E-state index is -0.914. The summed E-state index contributed by atoms with van der Waals surface area (Å²) in [7, 11) is 0. The number of aryl methyl sites for hydroxylation is 1. The number of amides is 1. The SMILES string of the molecule is Cc1ccc(F)c(C(Cl)C(=O)N2CCCCC2)c1. The Morgan fingerprint density at radius 2 is 2.00 bits per heavy atom. The van der Waals surface area contributed by atoms with E-state index in [1.807, 2.05) is 6.92 Å². The van der Waals surface area contributed by atoms with Crippen molar-refractivity contribution in [3.8, 4) is 0 Å². The van der Waals surface area contributed by atoms with Gasteiger partial charge in [0.25, 0.3) is 0 Å². The summed E-state index contributed by atoms with van der Waals surface area (Å²) < 4.78 is 13.7. The predicted octanol–water partition coefficient (Wildman–Crippen LogP) is 3.43. The van der Waals surface area contributed by atoms with Crippen LogP contribution in [0.2, 0.25) is 0 Å². The van der Waals surface area contributed by atoms with Crippen molar-refractivity contribution in [3.05, 3.63) is 35.1 Å². The Bertz CT molecular complexity index is 443. The summed E-state index contributed by atoms with van der Waals surface area (Å²) >= 11 is 6.14. The molecule has 1 amide bonds. The molecule has 0 bridgehead atoms. The number of hydrogen-bond donors (Lipinski definition) is 0. The van der Waals surface area contributed by atoms with Crippen LogP contribution in [0.4, 0.5) is 4.39 Å². The molecule has 1 atom stereocenters. The average molecular weight is 270 g/mol. The van der Waals surface area contributed by atoms with Crippen molar-refractivity contribution >= 4 is 17.5 Å². The van der Waals surface area contributed by atoms with E-state index in [0.717, 1.165) is 37.9 Å². The van der Waals surface area contributed by atoms with Gasteiger partial charge in [0.15, 0.2) is 0 Å². The molecule has 98 valence electrons. The fourth-order valence-electron chi connectivity index (χ4n) is 2.27. The van der Waals surface area contributed by atoms with E-state index in [1.165, 1.54) is 6.07 Å². The summed E-state index contributed by atoms with van der Waals surface area (Å²) in [5.74, 6) is -0.591. The van der Waals surface area contributed by atoms with Crippen molar-refractivity contribution in [1.82, 2.24) is 4.90 Å². The van der Waals surface area contributed by atoms with E-state index < -0.39 is 11.2 Å². The average Bonchev–Trinajstić information content (AvgIpc) is 2.41. The molecule has 1 heterocycles. The molecule has 0 aromatic heterocycles. The van der Waals surface area contributed by atoms with Gasteiger partial charge in [-0.2, -0.15) is 0 Å². The molecule has 0 saturated carbocycles. The number of piperidine rings is 1. The number of carbonyl (C=O) groups is 1. The van der Waals surface area contributed by atoms with Gasteiger partial charge in [-0.3, -0.25) is 4.79 Å². The normalized spacial score (nSPS) is 17.6. The minimum Gasteiger partial charge on any atom is -0.341 e. The maximum atomic E-state index is 13.7. The molecule has 0 radical (unpaired) electrons. The highest BCUT2D eigenvalue weighted by Crippen LogP contribution is 2.27. The molecule has 1 unspecified atom stereocenters. The second-order valence-corrected chi connectivity index (χ2v) is 5.21. The largest absolute Gasteiger partial charge is 0.341 e. The quantitative estimate of drug-likeness (QED) is 0.754. The van der Waals surface area contributed by atoms with Gasteiger partial charge in [0, 0.05) is 18.7 Å². The first-order chi connectivity index (χ1) is 8.59. The van der Waals surface area contributed by atoms with Gasteiger partial charge in [-0.15, -0.1) is 11.6 Å². The van der Waals surface area contributed by atoms with Gasteiger partial charge in [0.05, 0.1) is 0 Å². The minimum absolute atomic E-state index is 0.180. The highest BCUT2D eigenvalue weighted by atomic mass is 35.5. The lowest BCUT2D eigenvalue weighted by molar-refractivity contribution is -0.131. The molecular formula is C14H17ClFNO. The molecule has 1 aliphatic heterocycles. The van der Waals surface area contributed by atoms with Crippen LogP contribution in [0, 0.1) is 12.7 Å². The van der Waals surface area contributed by atoms with Crippen LogP contribution in [0.25, 0.3) is 0 Å². The third-order valence-corrected chi connectivity index (χ3v) is 3.73. The Hall–Kier alpha value is -1.09. The summed E-state index contributed by atoms with van der Waals surface area (Å²) in [6, 6.07) is 4.69. The number of hydrogen-bond acceptors (Lipinski definition) is 1. The van der Waals surface area contributed by atoms with Gasteiger partial charge < -0.3 is 4.90 Å². The number of halogens is 2. The van der Waals surface area contributed by atoms with Crippen LogP contribution in [-0.4, -0.2) is 23.9 Å². The maximum Gasteiger partial charge on any atom is 0.245 e. The van der Waals surface area contributed by atoms with Gasteiger partial charge in [-0.25, -0.2) is 4.39 Å². The molecule has 0 spiro atoms. The first-order valence-electron chi connectivity index (χ1n) is 6.28. The standard InChI is InChI=1S/C14H17ClFNO/c1-10-5-6-12(16)11(9-10)13(15)14(18)17-7-3-2-4-8-17/h5-6,9,13H,2-4,7-8H2,1H3. The molecule has 1 aliphatic rings. The summed E-state index contributed by atoms with van der Waals surface area (Å²) in [5.41, 5.74) is 1.19. The molecule has 2 nitrogen and oxygen atoms in total. The molecule has 1 fully saturated rings. The van der Waals surface area contributed by atoms with Crippen molar-refractivity contribution < 1.29 is 9.18 Å². The molecule has 0 aliphatic carbocycles.